The Morgan fingerprint density at radius 2 is 1.83 bits per heavy atom. The number of pyridine rings is 1. The number of nitro groups is 1. The first-order chi connectivity index (χ1) is 8.68. The van der Waals surface area contributed by atoms with Crippen molar-refractivity contribution in [2.24, 2.45) is 0 Å². The van der Waals surface area contributed by atoms with Crippen LogP contribution >= 0.6 is 0 Å². The van der Waals surface area contributed by atoms with Crippen LogP contribution in [0.4, 0.5) is 5.69 Å². The molecule has 1 atom stereocenters. The zero-order valence-corrected chi connectivity index (χ0v) is 9.64. The highest BCUT2D eigenvalue weighted by atomic mass is 16.6. The van der Waals surface area contributed by atoms with Crippen LogP contribution in [0.15, 0.2) is 54.9 Å². The molecule has 5 nitrogen and oxygen atoms in total. The SMILES string of the molecule is O=[N+]([O-])c1ccccc1C(O)C[n+]1ccccc1. The number of nitro benzene ring substituents is 1. The molecule has 92 valence electrons. The van der Waals surface area contributed by atoms with Gasteiger partial charge in [0.05, 0.1) is 10.5 Å². The second kappa shape index (κ2) is 5.37. The van der Waals surface area contributed by atoms with Gasteiger partial charge >= 0.3 is 0 Å². The lowest BCUT2D eigenvalue weighted by Crippen LogP contribution is -2.35. The van der Waals surface area contributed by atoms with Gasteiger partial charge in [0, 0.05) is 18.2 Å². The number of hydrogen-bond donors (Lipinski definition) is 1. The Balaban J connectivity index is 2.24. The van der Waals surface area contributed by atoms with E-state index in [2.05, 4.69) is 0 Å². The van der Waals surface area contributed by atoms with Crippen LogP contribution < -0.4 is 4.57 Å². The lowest BCUT2D eigenvalue weighted by atomic mass is 10.1. The van der Waals surface area contributed by atoms with E-state index >= 15 is 0 Å². The summed E-state index contributed by atoms with van der Waals surface area (Å²) in [7, 11) is 0. The second-order valence-electron chi connectivity index (χ2n) is 3.90. The molecule has 1 aromatic carbocycles. The fourth-order valence-electron chi connectivity index (χ4n) is 1.79. The van der Waals surface area contributed by atoms with E-state index in [1.807, 2.05) is 18.2 Å². The van der Waals surface area contributed by atoms with Gasteiger partial charge in [-0.05, 0) is 6.07 Å². The minimum atomic E-state index is -0.904. The number of rotatable bonds is 4. The Bertz CT molecular complexity index is 543. The third-order valence-corrected chi connectivity index (χ3v) is 2.65. The maximum Gasteiger partial charge on any atom is 0.275 e. The zero-order chi connectivity index (χ0) is 13.0. The minimum absolute atomic E-state index is 0.0541. The van der Waals surface area contributed by atoms with E-state index in [-0.39, 0.29) is 12.2 Å². The first-order valence-electron chi connectivity index (χ1n) is 5.54. The predicted octanol–water partition coefficient (Wildman–Crippen LogP) is 1.62. The molecule has 1 N–H and O–H groups in total. The van der Waals surface area contributed by atoms with Crippen molar-refractivity contribution in [1.82, 2.24) is 0 Å². The van der Waals surface area contributed by atoms with Crippen molar-refractivity contribution in [3.8, 4) is 0 Å². The quantitative estimate of drug-likeness (QED) is 0.505. The molecule has 0 aliphatic heterocycles. The molecule has 0 aliphatic rings. The highest BCUT2D eigenvalue weighted by molar-refractivity contribution is 5.41. The molecular weight excluding hydrogens is 232 g/mol. The number of aliphatic hydroxyl groups is 1. The van der Waals surface area contributed by atoms with Crippen LogP contribution in [-0.2, 0) is 6.54 Å². The van der Waals surface area contributed by atoms with Crippen molar-refractivity contribution in [2.75, 3.05) is 0 Å². The lowest BCUT2D eigenvalue weighted by Gasteiger charge is -2.07. The van der Waals surface area contributed by atoms with Crippen molar-refractivity contribution < 1.29 is 14.6 Å². The lowest BCUT2D eigenvalue weighted by molar-refractivity contribution is -0.704. The number of benzene rings is 1. The summed E-state index contributed by atoms with van der Waals surface area (Å²) in [5.41, 5.74) is 0.278. The van der Waals surface area contributed by atoms with Gasteiger partial charge in [-0.15, -0.1) is 0 Å². The van der Waals surface area contributed by atoms with E-state index in [0.29, 0.717) is 5.56 Å². The second-order valence-corrected chi connectivity index (χ2v) is 3.90. The highest BCUT2D eigenvalue weighted by Crippen LogP contribution is 2.24. The van der Waals surface area contributed by atoms with Gasteiger partial charge in [0.1, 0.15) is 6.10 Å². The van der Waals surface area contributed by atoms with Crippen molar-refractivity contribution in [3.05, 3.63) is 70.5 Å². The van der Waals surface area contributed by atoms with Gasteiger partial charge in [-0.2, -0.15) is 0 Å². The molecule has 0 saturated carbocycles. The van der Waals surface area contributed by atoms with Gasteiger partial charge in [0.25, 0.3) is 5.69 Å². The van der Waals surface area contributed by atoms with Crippen LogP contribution in [0, 0.1) is 10.1 Å². The van der Waals surface area contributed by atoms with Crippen molar-refractivity contribution in [2.45, 2.75) is 12.6 Å². The van der Waals surface area contributed by atoms with Crippen LogP contribution in [0.5, 0.6) is 0 Å². The number of aliphatic hydroxyl groups excluding tert-OH is 1. The zero-order valence-electron chi connectivity index (χ0n) is 9.64. The maximum atomic E-state index is 10.9. The third kappa shape index (κ3) is 2.70. The van der Waals surface area contributed by atoms with E-state index in [1.54, 1.807) is 35.2 Å². The fraction of sp³-hybridized carbons (Fsp3) is 0.154. The molecule has 2 aromatic rings. The molecule has 18 heavy (non-hydrogen) atoms. The summed E-state index contributed by atoms with van der Waals surface area (Å²) in [6, 6.07) is 11.8. The van der Waals surface area contributed by atoms with Gasteiger partial charge in [-0.3, -0.25) is 10.1 Å². The van der Waals surface area contributed by atoms with Crippen LogP contribution in [0.3, 0.4) is 0 Å². The summed E-state index contributed by atoms with van der Waals surface area (Å²) in [5.74, 6) is 0. The van der Waals surface area contributed by atoms with E-state index in [4.69, 9.17) is 0 Å². The normalized spacial score (nSPS) is 12.1. The first-order valence-corrected chi connectivity index (χ1v) is 5.54. The Labute approximate surface area is 104 Å². The molecule has 5 heteroatoms. The molecule has 1 unspecified atom stereocenters. The van der Waals surface area contributed by atoms with Crippen molar-refractivity contribution in [1.29, 1.82) is 0 Å². The number of hydrogen-bond acceptors (Lipinski definition) is 3. The first kappa shape index (κ1) is 12.2. The molecule has 0 spiro atoms. The topological polar surface area (TPSA) is 67.2 Å². The molecule has 1 aromatic heterocycles. The summed E-state index contributed by atoms with van der Waals surface area (Å²) in [4.78, 5) is 10.4. The van der Waals surface area contributed by atoms with E-state index in [0.717, 1.165) is 0 Å². The smallest absolute Gasteiger partial charge is 0.275 e. The molecule has 1 heterocycles. The molecule has 0 bridgehead atoms. The van der Waals surface area contributed by atoms with E-state index in [9.17, 15) is 15.2 Å². The van der Waals surface area contributed by atoms with Crippen LogP contribution in [0.25, 0.3) is 0 Å². The standard InChI is InChI=1S/C13H13N2O3/c16-13(10-14-8-4-1-5-9-14)11-6-2-3-7-12(11)15(17)18/h1-9,13,16H,10H2/q+1. The predicted molar refractivity (Wildman–Crippen MR) is 64.7 cm³/mol. The van der Waals surface area contributed by atoms with Gasteiger partial charge in [-0.1, -0.05) is 18.2 Å². The number of para-hydroxylation sites is 1. The highest BCUT2D eigenvalue weighted by Gasteiger charge is 2.22. The Morgan fingerprint density at radius 1 is 1.17 bits per heavy atom. The maximum absolute atomic E-state index is 10.9. The summed E-state index contributed by atoms with van der Waals surface area (Å²) < 4.78 is 1.78. The average Bonchev–Trinajstić information content (AvgIpc) is 2.40. The van der Waals surface area contributed by atoms with Gasteiger partial charge < -0.3 is 5.11 Å². The Morgan fingerprint density at radius 3 is 2.50 bits per heavy atom. The van der Waals surface area contributed by atoms with Gasteiger partial charge in [0.2, 0.25) is 0 Å². The van der Waals surface area contributed by atoms with Crippen molar-refractivity contribution >= 4 is 5.69 Å². The third-order valence-electron chi connectivity index (χ3n) is 2.65. The molecule has 0 fully saturated rings. The van der Waals surface area contributed by atoms with Crippen LogP contribution in [-0.4, -0.2) is 10.0 Å². The molecule has 0 radical (unpaired) electrons. The van der Waals surface area contributed by atoms with Crippen LogP contribution in [0.1, 0.15) is 11.7 Å². The number of aromatic nitrogens is 1. The minimum Gasteiger partial charge on any atom is -0.381 e. The van der Waals surface area contributed by atoms with E-state index in [1.165, 1.54) is 6.07 Å². The summed E-state index contributed by atoms with van der Waals surface area (Å²) in [5, 5.41) is 20.9. The molecule has 0 aliphatic carbocycles. The largest absolute Gasteiger partial charge is 0.381 e. The Hall–Kier alpha value is -2.27. The summed E-state index contributed by atoms with van der Waals surface area (Å²) in [6.07, 6.45) is 2.70. The van der Waals surface area contributed by atoms with Gasteiger partial charge in [0.15, 0.2) is 18.9 Å². The average molecular weight is 245 g/mol. The number of nitrogens with zero attached hydrogens (tertiary/aromatic N) is 2. The van der Waals surface area contributed by atoms with Crippen molar-refractivity contribution in [3.63, 3.8) is 0 Å². The summed E-state index contributed by atoms with van der Waals surface area (Å²) >= 11 is 0. The molecular formula is C13H13N2O3+. The molecule has 2 rings (SSSR count). The van der Waals surface area contributed by atoms with Gasteiger partial charge in [-0.25, -0.2) is 4.57 Å². The monoisotopic (exact) mass is 245 g/mol. The molecule has 0 amide bonds. The van der Waals surface area contributed by atoms with E-state index < -0.39 is 11.0 Å². The Kier molecular flexibility index (Phi) is 3.64. The summed E-state index contributed by atoms with van der Waals surface area (Å²) in [6.45, 7) is 0.283. The van der Waals surface area contributed by atoms with Crippen LogP contribution in [0.2, 0.25) is 0 Å². The fourth-order valence-corrected chi connectivity index (χ4v) is 1.79. The molecule has 0 saturated heterocycles.